The topological polar surface area (TPSA) is 103 Å². The lowest BCUT2D eigenvalue weighted by Gasteiger charge is -2.09. The largest absolute Gasteiger partial charge is 0.445 e. The standard InChI is InChI=1S/C25H39NO9/c1-2-9-28-11-13-30-15-17-32-19-21-34-22-20-33-18-16-31-14-12-29-10-8-26-25(27)35-23-24-6-4-3-5-7-24/h1,3-7H,8-23H2,(H,26,27). The predicted molar refractivity (Wildman–Crippen MR) is 129 cm³/mol. The second kappa shape index (κ2) is 24.9. The van der Waals surface area contributed by atoms with Gasteiger partial charge < -0.3 is 43.2 Å². The molecule has 0 spiro atoms. The van der Waals surface area contributed by atoms with E-state index < -0.39 is 6.09 Å². The fourth-order valence-electron chi connectivity index (χ4n) is 2.45. The number of amides is 1. The average Bonchev–Trinajstić information content (AvgIpc) is 2.88. The molecule has 1 N–H and O–H groups in total. The molecule has 35 heavy (non-hydrogen) atoms. The number of hydrogen-bond donors (Lipinski definition) is 1. The lowest BCUT2D eigenvalue weighted by atomic mass is 10.2. The van der Waals surface area contributed by atoms with Gasteiger partial charge in [-0.1, -0.05) is 36.3 Å². The van der Waals surface area contributed by atoms with Gasteiger partial charge in [-0.3, -0.25) is 0 Å². The Balaban J connectivity index is 1.69. The number of benzene rings is 1. The minimum atomic E-state index is -0.466. The van der Waals surface area contributed by atoms with Gasteiger partial charge in [0.15, 0.2) is 0 Å². The highest BCUT2D eigenvalue weighted by Gasteiger charge is 2.01. The van der Waals surface area contributed by atoms with Crippen LogP contribution in [0.4, 0.5) is 4.79 Å². The predicted octanol–water partition coefficient (Wildman–Crippen LogP) is 1.66. The van der Waals surface area contributed by atoms with Gasteiger partial charge in [0.1, 0.15) is 13.2 Å². The van der Waals surface area contributed by atoms with Crippen molar-refractivity contribution >= 4 is 6.09 Å². The molecule has 0 saturated heterocycles. The van der Waals surface area contributed by atoms with Gasteiger partial charge in [0.05, 0.1) is 85.9 Å². The first-order valence-electron chi connectivity index (χ1n) is 11.7. The first-order chi connectivity index (χ1) is 17.3. The molecule has 0 aliphatic carbocycles. The second-order valence-electron chi connectivity index (χ2n) is 6.92. The van der Waals surface area contributed by atoms with Crippen LogP contribution < -0.4 is 5.32 Å². The molecule has 1 aromatic rings. The van der Waals surface area contributed by atoms with E-state index in [1.807, 2.05) is 30.3 Å². The van der Waals surface area contributed by atoms with Crippen molar-refractivity contribution in [3.8, 4) is 12.3 Å². The molecule has 0 aromatic heterocycles. The van der Waals surface area contributed by atoms with Gasteiger partial charge >= 0.3 is 6.09 Å². The molecule has 1 rings (SSSR count). The van der Waals surface area contributed by atoms with E-state index in [4.69, 9.17) is 44.3 Å². The Morgan fingerprint density at radius 2 is 1.09 bits per heavy atom. The molecule has 0 saturated carbocycles. The van der Waals surface area contributed by atoms with Crippen LogP contribution in [0.3, 0.4) is 0 Å². The van der Waals surface area contributed by atoms with Gasteiger partial charge in [-0.25, -0.2) is 4.79 Å². The smallest absolute Gasteiger partial charge is 0.407 e. The molecule has 0 unspecified atom stereocenters. The maximum atomic E-state index is 11.6. The number of terminal acetylenes is 1. The molecule has 0 atom stereocenters. The molecule has 198 valence electrons. The number of alkyl carbamates (subject to hydrolysis) is 1. The van der Waals surface area contributed by atoms with Crippen molar-refractivity contribution < 1.29 is 42.7 Å². The maximum Gasteiger partial charge on any atom is 0.407 e. The highest BCUT2D eigenvalue weighted by Crippen LogP contribution is 2.00. The lowest BCUT2D eigenvalue weighted by molar-refractivity contribution is -0.0195. The van der Waals surface area contributed by atoms with Gasteiger partial charge in [0.2, 0.25) is 0 Å². The molecule has 0 aliphatic heterocycles. The summed E-state index contributed by atoms with van der Waals surface area (Å²) in [6.07, 6.45) is 4.60. The number of rotatable bonds is 24. The molecular formula is C25H39NO9. The highest BCUT2D eigenvalue weighted by atomic mass is 16.6. The molecule has 1 aromatic carbocycles. The lowest BCUT2D eigenvalue weighted by Crippen LogP contribution is -2.28. The third-order valence-corrected chi connectivity index (χ3v) is 4.15. The van der Waals surface area contributed by atoms with E-state index in [-0.39, 0.29) is 6.61 Å². The maximum absolute atomic E-state index is 11.6. The van der Waals surface area contributed by atoms with Gasteiger partial charge in [0, 0.05) is 6.54 Å². The van der Waals surface area contributed by atoms with Crippen molar-refractivity contribution in [1.29, 1.82) is 0 Å². The van der Waals surface area contributed by atoms with E-state index in [1.54, 1.807) is 0 Å². The minimum Gasteiger partial charge on any atom is -0.445 e. The fraction of sp³-hybridized carbons (Fsp3) is 0.640. The Hall–Kier alpha value is -2.23. The summed E-state index contributed by atoms with van der Waals surface area (Å²) in [4.78, 5) is 11.6. The van der Waals surface area contributed by atoms with Crippen LogP contribution in [0.25, 0.3) is 0 Å². The Bertz CT molecular complexity index is 640. The zero-order valence-corrected chi connectivity index (χ0v) is 20.5. The van der Waals surface area contributed by atoms with E-state index >= 15 is 0 Å². The number of nitrogens with one attached hydrogen (secondary N) is 1. The van der Waals surface area contributed by atoms with Crippen LogP contribution in [0.1, 0.15) is 5.56 Å². The highest BCUT2D eigenvalue weighted by molar-refractivity contribution is 5.67. The molecule has 0 aliphatic rings. The summed E-state index contributed by atoms with van der Waals surface area (Å²) < 4.78 is 42.5. The summed E-state index contributed by atoms with van der Waals surface area (Å²) >= 11 is 0. The summed E-state index contributed by atoms with van der Waals surface area (Å²) in [6, 6.07) is 9.50. The minimum absolute atomic E-state index is 0.242. The van der Waals surface area contributed by atoms with Crippen LogP contribution >= 0.6 is 0 Å². The molecule has 10 heteroatoms. The first kappa shape index (κ1) is 30.8. The number of carbonyl (C=O) groups excluding carboxylic acids is 1. The van der Waals surface area contributed by atoms with Crippen molar-refractivity contribution in [2.75, 3.05) is 99.0 Å². The molecule has 0 fully saturated rings. The Labute approximate surface area is 208 Å². The number of ether oxygens (including phenoxy) is 8. The summed E-state index contributed by atoms with van der Waals surface area (Å²) in [6.45, 7) is 7.16. The molecule has 0 bridgehead atoms. The van der Waals surface area contributed by atoms with Gasteiger partial charge in [-0.15, -0.1) is 6.42 Å². The van der Waals surface area contributed by atoms with Crippen LogP contribution in [0, 0.1) is 12.3 Å². The van der Waals surface area contributed by atoms with E-state index in [2.05, 4.69) is 11.2 Å². The SMILES string of the molecule is C#CCOCCOCCOCCOCCOCCOCCOCCNC(=O)OCc1ccccc1. The summed E-state index contributed by atoms with van der Waals surface area (Å²) in [5.74, 6) is 2.39. The van der Waals surface area contributed by atoms with Crippen LogP contribution in [0.5, 0.6) is 0 Å². The first-order valence-corrected chi connectivity index (χ1v) is 11.7. The van der Waals surface area contributed by atoms with Crippen LogP contribution in [0.2, 0.25) is 0 Å². The molecular weight excluding hydrogens is 458 g/mol. The summed E-state index contributed by atoms with van der Waals surface area (Å²) in [7, 11) is 0. The van der Waals surface area contributed by atoms with Gasteiger partial charge in [0.25, 0.3) is 0 Å². The quantitative estimate of drug-likeness (QED) is 0.169. The van der Waals surface area contributed by atoms with Crippen LogP contribution in [0.15, 0.2) is 30.3 Å². The normalized spacial score (nSPS) is 10.7. The monoisotopic (exact) mass is 497 g/mol. The van der Waals surface area contributed by atoms with Crippen molar-refractivity contribution in [3.05, 3.63) is 35.9 Å². The summed E-state index contributed by atoms with van der Waals surface area (Å²) in [5.41, 5.74) is 0.940. The fourth-order valence-corrected chi connectivity index (χ4v) is 2.45. The number of carbonyl (C=O) groups is 1. The van der Waals surface area contributed by atoms with Gasteiger partial charge in [-0.2, -0.15) is 0 Å². The number of hydrogen-bond acceptors (Lipinski definition) is 9. The van der Waals surface area contributed by atoms with E-state index in [0.717, 1.165) is 5.56 Å². The van der Waals surface area contributed by atoms with Crippen LogP contribution in [-0.2, 0) is 44.5 Å². The molecule has 0 heterocycles. The van der Waals surface area contributed by atoms with Gasteiger partial charge in [-0.05, 0) is 5.56 Å². The average molecular weight is 498 g/mol. The van der Waals surface area contributed by atoms with Crippen molar-refractivity contribution in [3.63, 3.8) is 0 Å². The summed E-state index contributed by atoms with van der Waals surface area (Å²) in [5, 5.41) is 2.63. The third-order valence-electron chi connectivity index (χ3n) is 4.15. The van der Waals surface area contributed by atoms with E-state index in [9.17, 15) is 4.79 Å². The zero-order valence-electron chi connectivity index (χ0n) is 20.5. The van der Waals surface area contributed by atoms with Crippen LogP contribution in [-0.4, -0.2) is 105 Å². The Kier molecular flexibility index (Phi) is 21.9. The van der Waals surface area contributed by atoms with Crippen molar-refractivity contribution in [2.24, 2.45) is 0 Å². The Morgan fingerprint density at radius 3 is 1.54 bits per heavy atom. The molecule has 10 nitrogen and oxygen atoms in total. The zero-order chi connectivity index (χ0) is 25.1. The third kappa shape index (κ3) is 22.0. The van der Waals surface area contributed by atoms with Crippen molar-refractivity contribution in [2.45, 2.75) is 6.61 Å². The Morgan fingerprint density at radius 1 is 0.657 bits per heavy atom. The van der Waals surface area contributed by atoms with E-state index in [1.165, 1.54) is 0 Å². The van der Waals surface area contributed by atoms with E-state index in [0.29, 0.717) is 99.0 Å². The molecule has 1 amide bonds. The van der Waals surface area contributed by atoms with Crippen molar-refractivity contribution in [1.82, 2.24) is 5.32 Å². The second-order valence-corrected chi connectivity index (χ2v) is 6.92. The molecule has 0 radical (unpaired) electrons.